The second-order valence-corrected chi connectivity index (χ2v) is 6.93. The Kier molecular flexibility index (Phi) is 9.41. The zero-order valence-corrected chi connectivity index (χ0v) is 16.5. The number of nitrogens with one attached hydrogen (secondary N) is 1. The van der Waals surface area contributed by atoms with Crippen LogP contribution in [0.2, 0.25) is 0 Å². The first-order chi connectivity index (χ1) is 10.3. The first-order valence-corrected chi connectivity index (χ1v) is 9.11. The number of likely N-dealkylation sites (N-methyl/N-ethyl adjacent to an activating group) is 1. The van der Waals surface area contributed by atoms with Crippen molar-refractivity contribution in [2.24, 2.45) is 0 Å². The third-order valence-electron chi connectivity index (χ3n) is 3.45. The molecule has 1 amide bonds. The van der Waals surface area contributed by atoms with Crippen molar-refractivity contribution in [1.82, 2.24) is 10.2 Å². The maximum absolute atomic E-state index is 12.3. The van der Waals surface area contributed by atoms with E-state index in [1.165, 1.54) is 25.3 Å². The van der Waals surface area contributed by atoms with Crippen LogP contribution in [-0.4, -0.2) is 58.8 Å². The van der Waals surface area contributed by atoms with Crippen molar-refractivity contribution in [2.75, 3.05) is 39.5 Å². The molecule has 1 aromatic carbocycles. The molecule has 0 unspecified atom stereocenters. The van der Waals surface area contributed by atoms with E-state index in [-0.39, 0.29) is 33.3 Å². The van der Waals surface area contributed by atoms with Gasteiger partial charge >= 0.3 is 0 Å². The summed E-state index contributed by atoms with van der Waals surface area (Å²) in [5, 5.41) is 2.80. The van der Waals surface area contributed by atoms with E-state index < -0.39 is 9.84 Å². The number of nitrogens with zero attached hydrogens (tertiary/aromatic N) is 1. The molecule has 0 saturated carbocycles. The molecule has 0 saturated heterocycles. The van der Waals surface area contributed by atoms with Gasteiger partial charge in [0.25, 0.3) is 5.91 Å². The molecule has 0 atom stereocenters. The van der Waals surface area contributed by atoms with Crippen LogP contribution < -0.4 is 10.1 Å². The van der Waals surface area contributed by atoms with Gasteiger partial charge in [0, 0.05) is 19.3 Å². The Morgan fingerprint density at radius 3 is 2.35 bits per heavy atom. The SMILES string of the molecule is Br.CCN(CC)CCNC(=O)c1cc(S(C)(=O)=O)ccc1OC. The Labute approximate surface area is 148 Å². The fourth-order valence-corrected chi connectivity index (χ4v) is 2.70. The molecule has 1 N–H and O–H groups in total. The number of hydrogen-bond donors (Lipinski definition) is 1. The monoisotopic (exact) mass is 408 g/mol. The van der Waals surface area contributed by atoms with E-state index in [2.05, 4.69) is 24.1 Å². The summed E-state index contributed by atoms with van der Waals surface area (Å²) in [5.74, 6) is 0.0160. The number of methoxy groups -OCH3 is 1. The topological polar surface area (TPSA) is 75.7 Å². The van der Waals surface area contributed by atoms with Gasteiger partial charge in [-0.05, 0) is 31.3 Å². The number of sulfone groups is 1. The molecule has 0 aliphatic rings. The molecule has 0 aliphatic heterocycles. The third kappa shape index (κ3) is 6.48. The van der Waals surface area contributed by atoms with Crippen molar-refractivity contribution in [3.63, 3.8) is 0 Å². The molecule has 0 aromatic heterocycles. The predicted molar refractivity (Wildman–Crippen MR) is 96.5 cm³/mol. The Balaban J connectivity index is 0.00000484. The van der Waals surface area contributed by atoms with Gasteiger partial charge in [0.1, 0.15) is 5.75 Å². The minimum Gasteiger partial charge on any atom is -0.496 e. The molecule has 23 heavy (non-hydrogen) atoms. The van der Waals surface area contributed by atoms with Crippen LogP contribution in [0.4, 0.5) is 0 Å². The van der Waals surface area contributed by atoms with Gasteiger partial charge in [-0.25, -0.2) is 8.42 Å². The maximum atomic E-state index is 12.3. The largest absolute Gasteiger partial charge is 0.496 e. The number of hydrogen-bond acceptors (Lipinski definition) is 5. The Morgan fingerprint density at radius 1 is 1.26 bits per heavy atom. The van der Waals surface area contributed by atoms with Crippen molar-refractivity contribution >= 4 is 32.7 Å². The summed E-state index contributed by atoms with van der Waals surface area (Å²) in [6.07, 6.45) is 1.11. The van der Waals surface area contributed by atoms with Crippen LogP contribution in [0.3, 0.4) is 0 Å². The van der Waals surface area contributed by atoms with Gasteiger partial charge in [-0.15, -0.1) is 17.0 Å². The summed E-state index contributed by atoms with van der Waals surface area (Å²) in [6.45, 7) is 7.19. The quantitative estimate of drug-likeness (QED) is 0.708. The average Bonchev–Trinajstić information content (AvgIpc) is 2.49. The molecule has 0 radical (unpaired) electrons. The van der Waals surface area contributed by atoms with E-state index in [1.54, 1.807) is 0 Å². The normalized spacial score (nSPS) is 11.0. The van der Waals surface area contributed by atoms with Gasteiger partial charge in [0.2, 0.25) is 0 Å². The smallest absolute Gasteiger partial charge is 0.255 e. The van der Waals surface area contributed by atoms with Gasteiger partial charge in [-0.2, -0.15) is 0 Å². The van der Waals surface area contributed by atoms with E-state index in [1.807, 2.05) is 0 Å². The summed E-state index contributed by atoms with van der Waals surface area (Å²) in [5.41, 5.74) is 0.227. The predicted octanol–water partition coefficient (Wildman–Crippen LogP) is 1.75. The molecule has 1 aromatic rings. The van der Waals surface area contributed by atoms with Crippen LogP contribution in [0.15, 0.2) is 23.1 Å². The van der Waals surface area contributed by atoms with Crippen LogP contribution in [0.25, 0.3) is 0 Å². The highest BCUT2D eigenvalue weighted by molar-refractivity contribution is 8.93. The van der Waals surface area contributed by atoms with Crippen LogP contribution in [0.5, 0.6) is 5.75 Å². The standard InChI is InChI=1S/C15H24N2O4S.BrH/c1-5-17(6-2)10-9-16-15(18)13-11-12(22(4,19)20)7-8-14(13)21-3;/h7-8,11H,5-6,9-10H2,1-4H3,(H,16,18);1H. The molecule has 0 aliphatic carbocycles. The van der Waals surface area contributed by atoms with Crippen LogP contribution in [0.1, 0.15) is 24.2 Å². The van der Waals surface area contributed by atoms with E-state index in [0.717, 1.165) is 25.9 Å². The van der Waals surface area contributed by atoms with E-state index in [0.29, 0.717) is 12.3 Å². The lowest BCUT2D eigenvalue weighted by atomic mass is 10.2. The van der Waals surface area contributed by atoms with Gasteiger partial charge in [-0.1, -0.05) is 13.8 Å². The molecule has 6 nitrogen and oxygen atoms in total. The highest BCUT2D eigenvalue weighted by atomic mass is 79.9. The van der Waals surface area contributed by atoms with Gasteiger partial charge in [-0.3, -0.25) is 4.79 Å². The summed E-state index contributed by atoms with van der Waals surface area (Å²) >= 11 is 0. The van der Waals surface area contributed by atoms with Crippen LogP contribution in [-0.2, 0) is 9.84 Å². The number of rotatable bonds is 8. The first kappa shape index (κ1) is 21.9. The number of carbonyl (C=O) groups is 1. The fourth-order valence-electron chi connectivity index (χ4n) is 2.06. The number of benzene rings is 1. The van der Waals surface area contributed by atoms with Crippen molar-refractivity contribution < 1.29 is 17.9 Å². The summed E-state index contributed by atoms with van der Waals surface area (Å²) in [6, 6.07) is 4.28. The summed E-state index contributed by atoms with van der Waals surface area (Å²) in [7, 11) is -1.92. The minimum absolute atomic E-state index is 0. The molecule has 0 bridgehead atoms. The van der Waals surface area contributed by atoms with Crippen molar-refractivity contribution in [2.45, 2.75) is 18.7 Å². The lowest BCUT2D eigenvalue weighted by molar-refractivity contribution is 0.0945. The Hall–Kier alpha value is -1.12. The van der Waals surface area contributed by atoms with E-state index >= 15 is 0 Å². The Bertz CT molecular complexity index is 616. The highest BCUT2D eigenvalue weighted by Gasteiger charge is 2.16. The lowest BCUT2D eigenvalue weighted by Gasteiger charge is -2.18. The van der Waals surface area contributed by atoms with Gasteiger partial charge in [0.05, 0.1) is 17.6 Å². The second-order valence-electron chi connectivity index (χ2n) is 4.92. The first-order valence-electron chi connectivity index (χ1n) is 7.22. The number of amides is 1. The molecule has 0 spiro atoms. The highest BCUT2D eigenvalue weighted by Crippen LogP contribution is 2.22. The minimum atomic E-state index is -3.37. The van der Waals surface area contributed by atoms with Gasteiger partial charge < -0.3 is 15.0 Å². The molecule has 132 valence electrons. The number of carbonyl (C=O) groups excluding carboxylic acids is 1. The van der Waals surface area contributed by atoms with E-state index in [4.69, 9.17) is 4.74 Å². The molecule has 1 rings (SSSR count). The number of halogens is 1. The maximum Gasteiger partial charge on any atom is 0.255 e. The summed E-state index contributed by atoms with van der Waals surface area (Å²) in [4.78, 5) is 14.5. The van der Waals surface area contributed by atoms with Crippen molar-refractivity contribution in [3.05, 3.63) is 23.8 Å². The average molecular weight is 409 g/mol. The van der Waals surface area contributed by atoms with Gasteiger partial charge in [0.15, 0.2) is 9.84 Å². The molecular weight excluding hydrogens is 384 g/mol. The molecular formula is C15H25BrN2O4S. The zero-order chi connectivity index (χ0) is 16.8. The zero-order valence-electron chi connectivity index (χ0n) is 14.0. The fraction of sp³-hybridized carbons (Fsp3) is 0.533. The van der Waals surface area contributed by atoms with Crippen LogP contribution >= 0.6 is 17.0 Å². The lowest BCUT2D eigenvalue weighted by Crippen LogP contribution is -2.35. The Morgan fingerprint density at radius 2 is 1.87 bits per heavy atom. The van der Waals surface area contributed by atoms with E-state index in [9.17, 15) is 13.2 Å². The summed E-state index contributed by atoms with van der Waals surface area (Å²) < 4.78 is 28.4. The molecule has 8 heteroatoms. The second kappa shape index (κ2) is 9.89. The van der Waals surface area contributed by atoms with Crippen LogP contribution in [0, 0.1) is 0 Å². The molecule has 0 fully saturated rings. The molecule has 0 heterocycles. The number of ether oxygens (including phenoxy) is 1. The van der Waals surface area contributed by atoms with Crippen molar-refractivity contribution in [1.29, 1.82) is 0 Å². The third-order valence-corrected chi connectivity index (χ3v) is 4.56. The van der Waals surface area contributed by atoms with Crippen molar-refractivity contribution in [3.8, 4) is 5.75 Å².